The summed E-state index contributed by atoms with van der Waals surface area (Å²) < 4.78 is 32.7. The average Bonchev–Trinajstić information content (AvgIpc) is 3.08. The number of hydrogen-bond acceptors (Lipinski definition) is 6. The Morgan fingerprint density at radius 1 is 1.21 bits per heavy atom. The smallest absolute Gasteiger partial charge is 0.340 e. The molecule has 0 aliphatic carbocycles. The van der Waals surface area contributed by atoms with Crippen LogP contribution in [0.5, 0.6) is 0 Å². The summed E-state index contributed by atoms with van der Waals surface area (Å²) in [5, 5.41) is 0. The molecule has 8 heteroatoms. The molecule has 0 saturated heterocycles. The molecule has 0 spiro atoms. The summed E-state index contributed by atoms with van der Waals surface area (Å²) in [6.45, 7) is 6.52. The van der Waals surface area contributed by atoms with Crippen LogP contribution in [0.3, 0.4) is 0 Å². The maximum absolute atomic E-state index is 13.1. The van der Waals surface area contributed by atoms with E-state index < -0.39 is 16.0 Å². The van der Waals surface area contributed by atoms with Crippen LogP contribution in [-0.2, 0) is 34.3 Å². The lowest BCUT2D eigenvalue weighted by molar-refractivity contribution is 0.0595. The number of carbonyl (C=O) groups is 1. The van der Waals surface area contributed by atoms with Gasteiger partial charge in [-0.1, -0.05) is 44.2 Å². The van der Waals surface area contributed by atoms with Crippen molar-refractivity contribution in [1.29, 1.82) is 0 Å². The molecule has 0 bridgehead atoms. The number of benzene rings is 1. The number of esters is 1. The van der Waals surface area contributed by atoms with E-state index in [9.17, 15) is 13.2 Å². The second kappa shape index (κ2) is 8.73. The third-order valence-electron chi connectivity index (χ3n) is 5.02. The van der Waals surface area contributed by atoms with Crippen LogP contribution in [0.25, 0.3) is 0 Å². The fourth-order valence-corrected chi connectivity index (χ4v) is 7.10. The van der Waals surface area contributed by atoms with E-state index in [1.165, 1.54) is 28.3 Å². The number of nitrogens with zero attached hydrogens (tertiary/aromatic N) is 2. The molecule has 0 N–H and O–H groups in total. The Morgan fingerprint density at radius 3 is 2.50 bits per heavy atom. The maximum Gasteiger partial charge on any atom is 0.340 e. The Hall–Kier alpha value is -1.74. The summed E-state index contributed by atoms with van der Waals surface area (Å²) in [7, 11) is -2.43. The van der Waals surface area contributed by atoms with Crippen molar-refractivity contribution < 1.29 is 17.9 Å². The minimum Gasteiger partial charge on any atom is -0.465 e. The minimum atomic E-state index is -3.72. The van der Waals surface area contributed by atoms with Gasteiger partial charge >= 0.3 is 5.97 Å². The molecular weight excluding hydrogens is 396 g/mol. The first-order valence-electron chi connectivity index (χ1n) is 9.41. The third kappa shape index (κ3) is 4.00. The molecule has 0 amide bonds. The van der Waals surface area contributed by atoms with Gasteiger partial charge in [-0.25, -0.2) is 13.2 Å². The van der Waals surface area contributed by atoms with Crippen LogP contribution >= 0.6 is 11.3 Å². The molecule has 1 aromatic carbocycles. The number of ether oxygens (including phenoxy) is 1. The fourth-order valence-electron chi connectivity index (χ4n) is 3.58. The summed E-state index contributed by atoms with van der Waals surface area (Å²) in [5.41, 5.74) is 2.27. The van der Waals surface area contributed by atoms with Crippen LogP contribution in [0, 0.1) is 0 Å². The molecule has 2 aromatic rings. The van der Waals surface area contributed by atoms with Crippen LogP contribution in [0.2, 0.25) is 0 Å². The van der Waals surface area contributed by atoms with Crippen molar-refractivity contribution in [3.63, 3.8) is 0 Å². The molecule has 0 unspecified atom stereocenters. The first-order valence-corrected chi connectivity index (χ1v) is 11.7. The largest absolute Gasteiger partial charge is 0.465 e. The average molecular weight is 423 g/mol. The number of hydrogen-bond donors (Lipinski definition) is 0. The summed E-state index contributed by atoms with van der Waals surface area (Å²) in [4.78, 5) is 15.7. The van der Waals surface area contributed by atoms with Gasteiger partial charge in [0, 0.05) is 37.6 Å². The van der Waals surface area contributed by atoms with Gasteiger partial charge in [-0.15, -0.1) is 11.3 Å². The topological polar surface area (TPSA) is 66.9 Å². The Labute approximate surface area is 170 Å². The molecular formula is C20H26N2O4S2. The molecule has 3 rings (SSSR count). The lowest BCUT2D eigenvalue weighted by Crippen LogP contribution is -2.31. The van der Waals surface area contributed by atoms with Gasteiger partial charge in [0.25, 0.3) is 10.0 Å². The van der Waals surface area contributed by atoms with Crippen molar-refractivity contribution in [2.75, 3.05) is 26.7 Å². The van der Waals surface area contributed by atoms with Crippen LogP contribution in [0.15, 0.2) is 34.5 Å². The lowest BCUT2D eigenvalue weighted by Gasteiger charge is -2.27. The first kappa shape index (κ1) is 21.0. The van der Waals surface area contributed by atoms with E-state index in [0.29, 0.717) is 26.1 Å². The zero-order valence-electron chi connectivity index (χ0n) is 16.5. The molecule has 0 fully saturated rings. The predicted molar refractivity (Wildman–Crippen MR) is 110 cm³/mol. The second-order valence-corrected chi connectivity index (χ2v) is 9.93. The van der Waals surface area contributed by atoms with Crippen molar-refractivity contribution in [2.24, 2.45) is 0 Å². The normalized spacial score (nSPS) is 14.9. The van der Waals surface area contributed by atoms with E-state index in [4.69, 9.17) is 4.74 Å². The summed E-state index contributed by atoms with van der Waals surface area (Å²) >= 11 is 1.21. The fraction of sp³-hybridized carbons (Fsp3) is 0.450. The van der Waals surface area contributed by atoms with Gasteiger partial charge in [0.15, 0.2) is 0 Å². The van der Waals surface area contributed by atoms with Crippen molar-refractivity contribution in [2.45, 2.75) is 37.6 Å². The first-order chi connectivity index (χ1) is 13.4. The highest BCUT2D eigenvalue weighted by Crippen LogP contribution is 2.38. The van der Waals surface area contributed by atoms with Crippen molar-refractivity contribution >= 4 is 27.3 Å². The number of carbonyl (C=O) groups excluding carboxylic acids is 1. The van der Waals surface area contributed by atoms with Crippen LogP contribution in [-0.4, -0.2) is 50.3 Å². The SMILES string of the molecule is CCN(CC)S(=O)(=O)c1sc2c(c1C(=O)OC)CCN(Cc1ccccc1)C2. The van der Waals surface area contributed by atoms with Crippen molar-refractivity contribution in [1.82, 2.24) is 9.21 Å². The van der Waals surface area contributed by atoms with Crippen molar-refractivity contribution in [3.8, 4) is 0 Å². The van der Waals surface area contributed by atoms with E-state index >= 15 is 0 Å². The molecule has 6 nitrogen and oxygen atoms in total. The molecule has 28 heavy (non-hydrogen) atoms. The van der Waals surface area contributed by atoms with Gasteiger partial charge in [0.05, 0.1) is 12.7 Å². The lowest BCUT2D eigenvalue weighted by atomic mass is 10.0. The molecule has 1 aromatic heterocycles. The predicted octanol–water partition coefficient (Wildman–Crippen LogP) is 3.12. The van der Waals surface area contributed by atoms with Crippen LogP contribution in [0.1, 0.15) is 40.2 Å². The van der Waals surface area contributed by atoms with Gasteiger partial charge in [-0.3, -0.25) is 4.90 Å². The molecule has 0 saturated carbocycles. The van der Waals surface area contributed by atoms with E-state index in [1.807, 2.05) is 18.2 Å². The summed E-state index contributed by atoms with van der Waals surface area (Å²) in [5.74, 6) is -0.570. The number of methoxy groups -OCH3 is 1. The van der Waals surface area contributed by atoms with Gasteiger partial charge in [0.1, 0.15) is 4.21 Å². The summed E-state index contributed by atoms with van der Waals surface area (Å²) in [6, 6.07) is 10.2. The second-order valence-electron chi connectivity index (χ2n) is 6.69. The minimum absolute atomic E-state index is 0.120. The van der Waals surface area contributed by atoms with E-state index in [-0.39, 0.29) is 9.77 Å². The van der Waals surface area contributed by atoms with Gasteiger partial charge in [-0.2, -0.15) is 4.31 Å². The highest BCUT2D eigenvalue weighted by molar-refractivity contribution is 7.91. The maximum atomic E-state index is 13.1. The zero-order valence-corrected chi connectivity index (χ0v) is 18.1. The zero-order chi connectivity index (χ0) is 20.3. The van der Waals surface area contributed by atoms with Crippen LogP contribution < -0.4 is 0 Å². The summed E-state index contributed by atoms with van der Waals surface area (Å²) in [6.07, 6.45) is 0.636. The molecule has 0 atom stereocenters. The van der Waals surface area contributed by atoms with Gasteiger partial charge < -0.3 is 4.74 Å². The van der Waals surface area contributed by atoms with Gasteiger partial charge in [-0.05, 0) is 17.5 Å². The quantitative estimate of drug-likeness (QED) is 0.642. The van der Waals surface area contributed by atoms with Crippen molar-refractivity contribution in [3.05, 3.63) is 51.9 Å². The Bertz CT molecular complexity index is 935. The highest BCUT2D eigenvalue weighted by Gasteiger charge is 2.36. The number of fused-ring (bicyclic) bond motifs is 1. The highest BCUT2D eigenvalue weighted by atomic mass is 32.2. The molecule has 2 heterocycles. The Kier molecular flexibility index (Phi) is 6.54. The molecule has 1 aliphatic heterocycles. The third-order valence-corrected chi connectivity index (χ3v) is 8.78. The molecule has 1 aliphatic rings. The standard InChI is InChI=1S/C20H26N2O4S2/c1-4-22(5-2)28(24,25)20-18(19(23)26-3)16-11-12-21(14-17(16)27-20)13-15-9-7-6-8-10-15/h6-10H,4-5,11-14H2,1-3H3. The Balaban J connectivity index is 1.97. The number of sulfonamides is 1. The number of thiophene rings is 1. The molecule has 0 radical (unpaired) electrons. The van der Waals surface area contributed by atoms with Crippen LogP contribution in [0.4, 0.5) is 0 Å². The van der Waals surface area contributed by atoms with E-state index in [1.54, 1.807) is 13.8 Å². The van der Waals surface area contributed by atoms with E-state index in [0.717, 1.165) is 23.5 Å². The molecule has 152 valence electrons. The number of rotatable bonds is 7. The monoisotopic (exact) mass is 422 g/mol. The van der Waals surface area contributed by atoms with E-state index in [2.05, 4.69) is 17.0 Å². The van der Waals surface area contributed by atoms with Gasteiger partial charge in [0.2, 0.25) is 0 Å². The Morgan fingerprint density at radius 2 is 1.89 bits per heavy atom.